The van der Waals surface area contributed by atoms with Crippen molar-refractivity contribution in [2.24, 2.45) is 0 Å². The second-order valence-electron chi connectivity index (χ2n) is 3.88. The molecule has 7 nitrogen and oxygen atoms in total. The van der Waals surface area contributed by atoms with Crippen LogP contribution in [0.4, 0.5) is 18.9 Å². The first kappa shape index (κ1) is 14.5. The fraction of sp³-hybridized carbons (Fsp3) is 0.0909. The van der Waals surface area contributed by atoms with Crippen LogP contribution in [0.5, 0.6) is 0 Å². The summed E-state index contributed by atoms with van der Waals surface area (Å²) in [5.41, 5.74) is -3.41. The monoisotopic (exact) mass is 301 g/mol. The van der Waals surface area contributed by atoms with E-state index in [2.05, 4.69) is 5.10 Å². The number of alkyl halides is 3. The van der Waals surface area contributed by atoms with E-state index >= 15 is 0 Å². The molecule has 0 amide bonds. The van der Waals surface area contributed by atoms with Crippen LogP contribution in [0.25, 0.3) is 5.69 Å². The highest BCUT2D eigenvalue weighted by Crippen LogP contribution is 2.34. The highest BCUT2D eigenvalue weighted by Gasteiger charge is 2.35. The average molecular weight is 301 g/mol. The van der Waals surface area contributed by atoms with Gasteiger partial charge in [-0.2, -0.15) is 18.3 Å². The molecule has 1 aromatic heterocycles. The van der Waals surface area contributed by atoms with Crippen LogP contribution in [0.2, 0.25) is 0 Å². The Hall–Kier alpha value is -2.91. The molecule has 0 saturated carbocycles. The molecule has 0 fully saturated rings. The zero-order chi connectivity index (χ0) is 15.8. The molecule has 2 rings (SSSR count). The van der Waals surface area contributed by atoms with Gasteiger partial charge in [0.1, 0.15) is 6.20 Å². The minimum absolute atomic E-state index is 0.499. The van der Waals surface area contributed by atoms with Gasteiger partial charge in [-0.05, 0) is 12.1 Å². The first-order valence-corrected chi connectivity index (χ1v) is 5.35. The van der Waals surface area contributed by atoms with Crippen LogP contribution in [0.1, 0.15) is 16.1 Å². The Balaban J connectivity index is 2.67. The molecular weight excluding hydrogens is 295 g/mol. The van der Waals surface area contributed by atoms with Crippen LogP contribution in [0, 0.1) is 10.1 Å². The van der Waals surface area contributed by atoms with Crippen LogP contribution in [0.3, 0.4) is 0 Å². The zero-order valence-electron chi connectivity index (χ0n) is 10.0. The second kappa shape index (κ2) is 4.89. The summed E-state index contributed by atoms with van der Waals surface area (Å²) in [5.74, 6) is -1.70. The van der Waals surface area contributed by atoms with Gasteiger partial charge in [0.05, 0.1) is 16.2 Å². The van der Waals surface area contributed by atoms with Crippen molar-refractivity contribution < 1.29 is 28.0 Å². The minimum Gasteiger partial charge on any atom is -0.476 e. The van der Waals surface area contributed by atoms with Crippen LogP contribution >= 0.6 is 0 Å². The third kappa shape index (κ3) is 2.68. The minimum atomic E-state index is -4.71. The smallest absolute Gasteiger partial charge is 0.418 e. The van der Waals surface area contributed by atoms with Crippen molar-refractivity contribution in [2.75, 3.05) is 0 Å². The number of benzene rings is 1. The first-order valence-electron chi connectivity index (χ1n) is 5.35. The van der Waals surface area contributed by atoms with Gasteiger partial charge in [-0.15, -0.1) is 0 Å². The lowest BCUT2D eigenvalue weighted by molar-refractivity contribution is -0.385. The topological polar surface area (TPSA) is 98.3 Å². The maximum Gasteiger partial charge on any atom is 0.418 e. The summed E-state index contributed by atoms with van der Waals surface area (Å²) < 4.78 is 39.1. The summed E-state index contributed by atoms with van der Waals surface area (Å²) >= 11 is 0. The molecule has 21 heavy (non-hydrogen) atoms. The number of hydrogen-bond acceptors (Lipinski definition) is 4. The van der Waals surface area contributed by atoms with E-state index in [1.165, 1.54) is 6.07 Å². The summed E-state index contributed by atoms with van der Waals surface area (Å²) in [5, 5.41) is 22.9. The number of rotatable bonds is 3. The van der Waals surface area contributed by atoms with Gasteiger partial charge >= 0.3 is 17.8 Å². The highest BCUT2D eigenvalue weighted by atomic mass is 19.4. The third-order valence-corrected chi connectivity index (χ3v) is 2.55. The molecule has 2 aromatic rings. The number of nitro groups is 1. The van der Waals surface area contributed by atoms with Crippen molar-refractivity contribution in [1.29, 1.82) is 0 Å². The molecule has 0 saturated heterocycles. The van der Waals surface area contributed by atoms with E-state index in [4.69, 9.17) is 5.11 Å². The Labute approximate surface area is 114 Å². The molecule has 10 heteroatoms. The number of carboxylic acids is 1. The molecule has 0 aliphatic carbocycles. The predicted octanol–water partition coefficient (Wildman–Crippen LogP) is 2.50. The van der Waals surface area contributed by atoms with Gasteiger partial charge in [-0.3, -0.25) is 10.1 Å². The fourth-order valence-corrected chi connectivity index (χ4v) is 1.69. The van der Waals surface area contributed by atoms with E-state index in [9.17, 15) is 28.1 Å². The molecule has 0 unspecified atom stereocenters. The third-order valence-electron chi connectivity index (χ3n) is 2.55. The lowest BCUT2D eigenvalue weighted by Crippen LogP contribution is -2.11. The summed E-state index contributed by atoms with van der Waals surface area (Å²) in [6.45, 7) is 0. The maximum absolute atomic E-state index is 12.9. The Morgan fingerprint density at radius 3 is 2.43 bits per heavy atom. The molecule has 0 radical (unpaired) electrons. The molecule has 0 aliphatic rings. The van der Waals surface area contributed by atoms with E-state index in [1.54, 1.807) is 0 Å². The molecule has 0 aliphatic heterocycles. The summed E-state index contributed by atoms with van der Waals surface area (Å²) in [7, 11) is 0. The van der Waals surface area contributed by atoms with E-state index in [1.807, 2.05) is 0 Å². The van der Waals surface area contributed by atoms with Crippen molar-refractivity contribution in [1.82, 2.24) is 9.78 Å². The molecule has 0 atom stereocenters. The molecule has 110 valence electrons. The predicted molar refractivity (Wildman–Crippen MR) is 62.2 cm³/mol. The molecule has 0 spiro atoms. The number of para-hydroxylation sites is 1. The Bertz CT molecular complexity index is 692. The number of carbonyl (C=O) groups is 1. The maximum atomic E-state index is 12.9. The van der Waals surface area contributed by atoms with Gasteiger partial charge in [-0.25, -0.2) is 9.48 Å². The number of carboxylic acid groups (broad SMARTS) is 1. The van der Waals surface area contributed by atoms with Crippen molar-refractivity contribution in [2.45, 2.75) is 6.18 Å². The summed E-state index contributed by atoms with van der Waals surface area (Å²) in [6.07, 6.45) is -4.07. The van der Waals surface area contributed by atoms with Gasteiger partial charge in [0.2, 0.25) is 5.69 Å². The van der Waals surface area contributed by atoms with Crippen LogP contribution in [0.15, 0.2) is 30.5 Å². The molecule has 1 heterocycles. The lowest BCUT2D eigenvalue weighted by atomic mass is 10.2. The first-order chi connectivity index (χ1) is 9.71. The largest absolute Gasteiger partial charge is 0.476 e. The van der Waals surface area contributed by atoms with Crippen LogP contribution in [-0.4, -0.2) is 25.8 Å². The molecular formula is C11H6F3N3O4. The van der Waals surface area contributed by atoms with Gasteiger partial charge in [-0.1, -0.05) is 12.1 Å². The Kier molecular flexibility index (Phi) is 3.37. The van der Waals surface area contributed by atoms with Crippen LogP contribution < -0.4 is 0 Å². The average Bonchev–Trinajstić information content (AvgIpc) is 2.83. The second-order valence-corrected chi connectivity index (χ2v) is 3.88. The Morgan fingerprint density at radius 2 is 1.95 bits per heavy atom. The molecule has 1 N–H and O–H groups in total. The summed E-state index contributed by atoms with van der Waals surface area (Å²) in [6, 6.07) is 4.22. The molecule has 0 bridgehead atoms. The number of aromatic carboxylic acids is 1. The molecule has 1 aromatic carbocycles. The van der Waals surface area contributed by atoms with Crippen molar-refractivity contribution >= 4 is 11.7 Å². The fourth-order valence-electron chi connectivity index (χ4n) is 1.69. The number of hydrogen-bond donors (Lipinski definition) is 1. The van der Waals surface area contributed by atoms with Crippen molar-refractivity contribution in [3.8, 4) is 5.69 Å². The summed E-state index contributed by atoms with van der Waals surface area (Å²) in [4.78, 5) is 20.5. The van der Waals surface area contributed by atoms with Gasteiger partial charge < -0.3 is 5.11 Å². The van der Waals surface area contributed by atoms with Crippen molar-refractivity contribution in [3.63, 3.8) is 0 Å². The standard InChI is InChI=1S/C11H6F3N3O4/c12-11(13,14)6-3-1-2-4-7(6)16-5-8(17(20)21)9(15-16)10(18)19/h1-5H,(H,18,19). The van der Waals surface area contributed by atoms with E-state index < -0.39 is 39.7 Å². The quantitative estimate of drug-likeness (QED) is 0.693. The Morgan fingerprint density at radius 1 is 1.33 bits per heavy atom. The normalized spacial score (nSPS) is 11.4. The van der Waals surface area contributed by atoms with Gasteiger partial charge in [0.15, 0.2) is 0 Å². The SMILES string of the molecule is O=C(O)c1nn(-c2ccccc2C(F)(F)F)cc1[N+](=O)[O-]. The van der Waals surface area contributed by atoms with E-state index in [0.717, 1.165) is 18.2 Å². The number of aromatic nitrogens is 2. The van der Waals surface area contributed by atoms with Crippen molar-refractivity contribution in [3.05, 3.63) is 51.8 Å². The van der Waals surface area contributed by atoms with Gasteiger partial charge in [0.25, 0.3) is 0 Å². The number of halogens is 3. The van der Waals surface area contributed by atoms with E-state index in [0.29, 0.717) is 10.9 Å². The van der Waals surface area contributed by atoms with Gasteiger partial charge in [0, 0.05) is 0 Å². The van der Waals surface area contributed by atoms with Crippen LogP contribution in [-0.2, 0) is 6.18 Å². The van der Waals surface area contributed by atoms with E-state index in [-0.39, 0.29) is 0 Å². The highest BCUT2D eigenvalue weighted by molar-refractivity contribution is 5.90. The lowest BCUT2D eigenvalue weighted by Gasteiger charge is -2.11. The number of nitrogens with zero attached hydrogens (tertiary/aromatic N) is 3. The zero-order valence-corrected chi connectivity index (χ0v) is 10.0.